The molecule has 0 saturated heterocycles. The molecule has 0 aliphatic carbocycles. The maximum Gasteiger partial charge on any atom is 0.405 e. The Kier molecular flexibility index (Phi) is 6.50. The Labute approximate surface area is 101 Å². The van der Waals surface area contributed by atoms with E-state index in [9.17, 15) is 13.2 Å². The van der Waals surface area contributed by atoms with E-state index in [1.807, 2.05) is 32.8 Å². The lowest BCUT2D eigenvalue weighted by Gasteiger charge is -2.27. The summed E-state index contributed by atoms with van der Waals surface area (Å²) in [6, 6.07) is 1.24. The lowest BCUT2D eigenvalue weighted by molar-refractivity contribution is -0.158. The van der Waals surface area contributed by atoms with Crippen LogP contribution in [0.3, 0.4) is 0 Å². The normalized spacial score (nSPS) is 16.0. The Morgan fingerprint density at radius 2 is 1.82 bits per heavy atom. The van der Waals surface area contributed by atoms with Gasteiger partial charge in [-0.1, -0.05) is 13.8 Å². The fraction of sp³-hybridized carbons (Fsp3) is 0.909. The van der Waals surface area contributed by atoms with Crippen molar-refractivity contribution < 1.29 is 13.2 Å². The summed E-state index contributed by atoms with van der Waals surface area (Å²) in [5.41, 5.74) is 0. The second kappa shape index (κ2) is 6.82. The zero-order valence-corrected chi connectivity index (χ0v) is 10.7. The molecular weight excluding hydrogens is 231 g/mol. The van der Waals surface area contributed by atoms with Crippen molar-refractivity contribution >= 4 is 0 Å². The van der Waals surface area contributed by atoms with Gasteiger partial charge in [-0.05, 0) is 20.0 Å². The Hall–Kier alpha value is -0.800. The first-order valence-corrected chi connectivity index (χ1v) is 5.53. The van der Waals surface area contributed by atoms with Crippen LogP contribution in [0.15, 0.2) is 0 Å². The zero-order valence-electron chi connectivity index (χ0n) is 10.7. The van der Waals surface area contributed by atoms with Crippen molar-refractivity contribution in [2.75, 3.05) is 27.2 Å². The summed E-state index contributed by atoms with van der Waals surface area (Å²) in [7, 11) is 3.73. The van der Waals surface area contributed by atoms with Gasteiger partial charge in [-0.25, -0.2) is 0 Å². The van der Waals surface area contributed by atoms with E-state index in [-0.39, 0.29) is 18.5 Å². The van der Waals surface area contributed by atoms with Crippen molar-refractivity contribution in [1.82, 2.24) is 10.2 Å². The minimum Gasteiger partial charge on any atom is -0.311 e. The summed E-state index contributed by atoms with van der Waals surface area (Å²) >= 11 is 0. The number of hydrogen-bond acceptors (Lipinski definition) is 3. The molecule has 0 radical (unpaired) electrons. The Morgan fingerprint density at radius 1 is 1.29 bits per heavy atom. The summed E-state index contributed by atoms with van der Waals surface area (Å²) in [6.45, 7) is 4.18. The molecular formula is C11H20F3N3. The highest BCUT2D eigenvalue weighted by Crippen LogP contribution is 2.25. The fourth-order valence-electron chi connectivity index (χ4n) is 1.41. The van der Waals surface area contributed by atoms with Crippen LogP contribution in [0.4, 0.5) is 13.2 Å². The van der Waals surface area contributed by atoms with Crippen LogP contribution >= 0.6 is 0 Å². The molecule has 3 nitrogen and oxygen atoms in total. The lowest BCUT2D eigenvalue weighted by atomic mass is 10.0. The number of likely N-dealkylation sites (N-methyl/N-ethyl adjacent to an activating group) is 1. The Bertz CT molecular complexity index is 256. The second-order valence-corrected chi connectivity index (χ2v) is 4.74. The average molecular weight is 251 g/mol. The van der Waals surface area contributed by atoms with Crippen LogP contribution in [-0.4, -0.2) is 44.3 Å². The van der Waals surface area contributed by atoms with Gasteiger partial charge >= 0.3 is 6.18 Å². The van der Waals surface area contributed by atoms with Gasteiger partial charge in [-0.2, -0.15) is 18.4 Å². The molecule has 0 aliphatic heterocycles. The molecule has 100 valence electrons. The van der Waals surface area contributed by atoms with Gasteiger partial charge in [0, 0.05) is 19.1 Å². The topological polar surface area (TPSA) is 39.1 Å². The lowest BCUT2D eigenvalue weighted by Crippen LogP contribution is -2.45. The Balaban J connectivity index is 4.35. The molecule has 0 fully saturated rings. The molecule has 0 bridgehead atoms. The number of alkyl halides is 3. The van der Waals surface area contributed by atoms with E-state index in [0.717, 1.165) is 0 Å². The van der Waals surface area contributed by atoms with E-state index < -0.39 is 12.1 Å². The van der Waals surface area contributed by atoms with Crippen molar-refractivity contribution in [2.24, 2.45) is 11.8 Å². The molecule has 0 aromatic rings. The van der Waals surface area contributed by atoms with Crippen LogP contribution in [-0.2, 0) is 0 Å². The highest BCUT2D eigenvalue weighted by Gasteiger charge is 2.39. The number of nitrogens with one attached hydrogen (secondary N) is 1. The van der Waals surface area contributed by atoms with E-state index in [1.165, 1.54) is 6.07 Å². The number of hydrogen-bond donors (Lipinski definition) is 1. The van der Waals surface area contributed by atoms with Gasteiger partial charge in [0.1, 0.15) is 0 Å². The van der Waals surface area contributed by atoms with Gasteiger partial charge in [0.15, 0.2) is 5.92 Å². The van der Waals surface area contributed by atoms with Crippen LogP contribution in [0.25, 0.3) is 0 Å². The molecule has 2 atom stereocenters. The van der Waals surface area contributed by atoms with Crippen molar-refractivity contribution in [2.45, 2.75) is 26.1 Å². The number of halogens is 3. The van der Waals surface area contributed by atoms with Crippen molar-refractivity contribution in [3.8, 4) is 6.07 Å². The average Bonchev–Trinajstić information content (AvgIpc) is 2.13. The highest BCUT2D eigenvalue weighted by molar-refractivity contribution is 4.91. The van der Waals surface area contributed by atoms with E-state index in [4.69, 9.17) is 5.26 Å². The van der Waals surface area contributed by atoms with Crippen molar-refractivity contribution in [1.29, 1.82) is 5.26 Å². The first-order valence-electron chi connectivity index (χ1n) is 5.53. The minimum atomic E-state index is -4.46. The van der Waals surface area contributed by atoms with Gasteiger partial charge in [0.05, 0.1) is 6.07 Å². The summed E-state index contributed by atoms with van der Waals surface area (Å²) in [5, 5.41) is 11.3. The first kappa shape index (κ1) is 16.2. The molecule has 0 aromatic carbocycles. The molecule has 6 heteroatoms. The van der Waals surface area contributed by atoms with Crippen LogP contribution in [0.2, 0.25) is 0 Å². The van der Waals surface area contributed by atoms with E-state index in [1.54, 1.807) is 0 Å². The molecule has 0 amide bonds. The van der Waals surface area contributed by atoms with Gasteiger partial charge in [-0.15, -0.1) is 0 Å². The van der Waals surface area contributed by atoms with E-state index in [2.05, 4.69) is 5.32 Å². The number of nitrogens with zero attached hydrogens (tertiary/aromatic N) is 2. The van der Waals surface area contributed by atoms with E-state index in [0.29, 0.717) is 6.54 Å². The summed E-state index contributed by atoms with van der Waals surface area (Å²) in [4.78, 5) is 1.91. The van der Waals surface area contributed by atoms with Crippen LogP contribution in [0.5, 0.6) is 0 Å². The third-order valence-electron chi connectivity index (χ3n) is 2.50. The van der Waals surface area contributed by atoms with E-state index >= 15 is 0 Å². The third kappa shape index (κ3) is 6.49. The highest BCUT2D eigenvalue weighted by atomic mass is 19.4. The zero-order chi connectivity index (χ0) is 13.6. The largest absolute Gasteiger partial charge is 0.405 e. The molecule has 0 heterocycles. The van der Waals surface area contributed by atoms with Gasteiger partial charge in [0.25, 0.3) is 0 Å². The van der Waals surface area contributed by atoms with Crippen molar-refractivity contribution in [3.63, 3.8) is 0 Å². The Morgan fingerprint density at radius 3 is 2.12 bits per heavy atom. The quantitative estimate of drug-likeness (QED) is 0.783. The van der Waals surface area contributed by atoms with Gasteiger partial charge in [-0.3, -0.25) is 0 Å². The molecule has 17 heavy (non-hydrogen) atoms. The summed E-state index contributed by atoms with van der Waals surface area (Å²) in [5.74, 6) is -1.73. The van der Waals surface area contributed by atoms with Gasteiger partial charge in [0.2, 0.25) is 0 Å². The SMILES string of the molecule is CC(C)C(CN(C)C)NCC(C#N)C(F)(F)F. The molecule has 0 spiro atoms. The predicted octanol–water partition coefficient (Wildman–Crippen LogP) is 1.86. The molecule has 1 N–H and O–H groups in total. The number of nitriles is 1. The minimum absolute atomic E-state index is 0.0526. The predicted molar refractivity (Wildman–Crippen MR) is 60.3 cm³/mol. The summed E-state index contributed by atoms with van der Waals surface area (Å²) < 4.78 is 37.1. The third-order valence-corrected chi connectivity index (χ3v) is 2.50. The maximum atomic E-state index is 12.4. The smallest absolute Gasteiger partial charge is 0.311 e. The molecule has 0 rings (SSSR count). The second-order valence-electron chi connectivity index (χ2n) is 4.74. The maximum absolute atomic E-state index is 12.4. The van der Waals surface area contributed by atoms with Gasteiger partial charge < -0.3 is 10.2 Å². The first-order chi connectivity index (χ1) is 7.68. The van der Waals surface area contributed by atoms with Crippen LogP contribution in [0, 0.1) is 23.2 Å². The molecule has 0 saturated carbocycles. The fourth-order valence-corrected chi connectivity index (χ4v) is 1.41. The molecule has 0 aromatic heterocycles. The molecule has 2 unspecified atom stereocenters. The standard InChI is InChI=1S/C11H20F3N3/c1-8(2)10(7-17(3)4)16-6-9(5-15)11(12,13)14/h8-10,16H,6-7H2,1-4H3. The summed E-state index contributed by atoms with van der Waals surface area (Å²) in [6.07, 6.45) is -4.46. The van der Waals surface area contributed by atoms with Crippen molar-refractivity contribution in [3.05, 3.63) is 0 Å². The number of rotatable bonds is 6. The van der Waals surface area contributed by atoms with Crippen LogP contribution < -0.4 is 5.32 Å². The van der Waals surface area contributed by atoms with Crippen LogP contribution in [0.1, 0.15) is 13.8 Å². The monoisotopic (exact) mass is 251 g/mol. The molecule has 0 aliphatic rings.